The van der Waals surface area contributed by atoms with Crippen LogP contribution in [-0.4, -0.2) is 25.8 Å². The van der Waals surface area contributed by atoms with Crippen molar-refractivity contribution < 1.29 is 0 Å². The van der Waals surface area contributed by atoms with E-state index in [4.69, 9.17) is 4.98 Å². The maximum atomic E-state index is 4.72. The minimum Gasteiger partial charge on any atom is -0.351 e. The minimum absolute atomic E-state index is 0.475. The van der Waals surface area contributed by atoms with Crippen LogP contribution in [0, 0.1) is 6.92 Å². The highest BCUT2D eigenvalue weighted by Crippen LogP contribution is 2.27. The minimum atomic E-state index is 0.475. The van der Waals surface area contributed by atoms with E-state index in [0.717, 1.165) is 22.5 Å². The average Bonchev–Trinajstić information content (AvgIpc) is 3.18. The lowest BCUT2D eigenvalue weighted by Gasteiger charge is -2.14. The Bertz CT molecular complexity index is 863. The highest BCUT2D eigenvalue weighted by molar-refractivity contribution is 5.89. The summed E-state index contributed by atoms with van der Waals surface area (Å²) in [6.07, 6.45) is 6.74. The Morgan fingerprint density at radius 1 is 1.17 bits per heavy atom. The molecule has 0 saturated heterocycles. The second-order valence-electron chi connectivity index (χ2n) is 6.52. The lowest BCUT2D eigenvalue weighted by molar-refractivity contribution is 0.742. The second-order valence-corrected chi connectivity index (χ2v) is 6.52. The maximum Gasteiger partial charge on any atom is 0.226 e. The smallest absolute Gasteiger partial charge is 0.226 e. The van der Waals surface area contributed by atoms with Crippen molar-refractivity contribution in [2.45, 2.75) is 38.6 Å². The number of rotatable bonds is 4. The van der Waals surface area contributed by atoms with E-state index in [-0.39, 0.29) is 0 Å². The van der Waals surface area contributed by atoms with Crippen molar-refractivity contribution in [1.29, 1.82) is 0 Å². The van der Waals surface area contributed by atoms with Gasteiger partial charge in [-0.05, 0) is 37.5 Å². The molecule has 0 aliphatic heterocycles. The SMILES string of the molecule is Cc1cccc(Nc2nc(NC3CCCC3)nc3c2cnn3C)c1. The quantitative estimate of drug-likeness (QED) is 0.765. The van der Waals surface area contributed by atoms with Gasteiger partial charge in [-0.2, -0.15) is 15.1 Å². The molecule has 1 aromatic carbocycles. The monoisotopic (exact) mass is 322 g/mol. The van der Waals surface area contributed by atoms with Crippen LogP contribution >= 0.6 is 0 Å². The van der Waals surface area contributed by atoms with Gasteiger partial charge in [0.05, 0.1) is 11.6 Å². The predicted molar refractivity (Wildman–Crippen MR) is 96.6 cm³/mol. The maximum absolute atomic E-state index is 4.72. The average molecular weight is 322 g/mol. The number of aryl methyl sites for hydroxylation is 2. The van der Waals surface area contributed by atoms with E-state index in [1.807, 2.05) is 25.4 Å². The molecule has 24 heavy (non-hydrogen) atoms. The summed E-state index contributed by atoms with van der Waals surface area (Å²) in [5.74, 6) is 1.47. The Kier molecular flexibility index (Phi) is 3.80. The summed E-state index contributed by atoms with van der Waals surface area (Å²) in [5.41, 5.74) is 3.06. The van der Waals surface area contributed by atoms with Crippen LogP contribution in [0.2, 0.25) is 0 Å². The molecule has 2 aromatic heterocycles. The van der Waals surface area contributed by atoms with Crippen molar-refractivity contribution in [3.05, 3.63) is 36.0 Å². The molecule has 1 aliphatic carbocycles. The summed E-state index contributed by atoms with van der Waals surface area (Å²) in [4.78, 5) is 9.37. The lowest BCUT2D eigenvalue weighted by atomic mass is 10.2. The number of fused-ring (bicyclic) bond motifs is 1. The Hall–Kier alpha value is -2.63. The van der Waals surface area contributed by atoms with Crippen molar-refractivity contribution in [3.63, 3.8) is 0 Å². The highest BCUT2D eigenvalue weighted by Gasteiger charge is 2.18. The largest absolute Gasteiger partial charge is 0.351 e. The number of benzene rings is 1. The molecule has 1 saturated carbocycles. The van der Waals surface area contributed by atoms with Gasteiger partial charge in [0.15, 0.2) is 5.65 Å². The fourth-order valence-corrected chi connectivity index (χ4v) is 3.29. The normalized spacial score (nSPS) is 15.1. The third kappa shape index (κ3) is 2.91. The van der Waals surface area contributed by atoms with Crippen LogP contribution in [0.15, 0.2) is 30.5 Å². The van der Waals surface area contributed by atoms with Crippen LogP contribution in [0.3, 0.4) is 0 Å². The molecule has 0 spiro atoms. The molecule has 124 valence electrons. The molecule has 3 aromatic rings. The summed E-state index contributed by atoms with van der Waals surface area (Å²) in [6.45, 7) is 2.08. The zero-order valence-corrected chi connectivity index (χ0v) is 14.1. The van der Waals surface area contributed by atoms with Gasteiger partial charge in [0.25, 0.3) is 0 Å². The first kappa shape index (κ1) is 14.9. The van der Waals surface area contributed by atoms with Gasteiger partial charge in [0.2, 0.25) is 5.95 Å². The van der Waals surface area contributed by atoms with E-state index >= 15 is 0 Å². The van der Waals surface area contributed by atoms with Gasteiger partial charge in [-0.25, -0.2) is 0 Å². The van der Waals surface area contributed by atoms with Gasteiger partial charge in [0, 0.05) is 18.8 Å². The van der Waals surface area contributed by atoms with E-state index in [9.17, 15) is 0 Å². The first-order valence-corrected chi connectivity index (χ1v) is 8.49. The fourth-order valence-electron chi connectivity index (χ4n) is 3.29. The van der Waals surface area contributed by atoms with Gasteiger partial charge in [-0.3, -0.25) is 4.68 Å². The molecule has 0 bridgehead atoms. The van der Waals surface area contributed by atoms with Crippen LogP contribution < -0.4 is 10.6 Å². The van der Waals surface area contributed by atoms with Crippen LogP contribution in [0.1, 0.15) is 31.2 Å². The number of hydrogen-bond donors (Lipinski definition) is 2. The topological polar surface area (TPSA) is 67.7 Å². The predicted octanol–water partition coefficient (Wildman–Crippen LogP) is 3.77. The van der Waals surface area contributed by atoms with Crippen LogP contribution in [0.5, 0.6) is 0 Å². The van der Waals surface area contributed by atoms with E-state index in [2.05, 4.69) is 39.8 Å². The number of anilines is 3. The van der Waals surface area contributed by atoms with Crippen molar-refractivity contribution in [1.82, 2.24) is 19.7 Å². The number of nitrogens with zero attached hydrogens (tertiary/aromatic N) is 4. The van der Waals surface area contributed by atoms with Gasteiger partial charge in [-0.1, -0.05) is 25.0 Å². The van der Waals surface area contributed by atoms with Gasteiger partial charge in [0.1, 0.15) is 5.82 Å². The summed E-state index contributed by atoms with van der Waals surface area (Å²) < 4.78 is 1.79. The molecule has 0 amide bonds. The van der Waals surface area contributed by atoms with Crippen LogP contribution in [0.4, 0.5) is 17.5 Å². The third-order valence-electron chi connectivity index (χ3n) is 4.56. The first-order valence-electron chi connectivity index (χ1n) is 8.49. The van der Waals surface area contributed by atoms with Crippen molar-refractivity contribution in [2.75, 3.05) is 10.6 Å². The van der Waals surface area contributed by atoms with Gasteiger partial charge < -0.3 is 10.6 Å². The summed E-state index contributed by atoms with van der Waals surface area (Å²) in [7, 11) is 1.91. The number of nitrogens with one attached hydrogen (secondary N) is 2. The zero-order valence-electron chi connectivity index (χ0n) is 14.1. The molecular formula is C18H22N6. The van der Waals surface area contributed by atoms with E-state index in [1.165, 1.54) is 31.2 Å². The van der Waals surface area contributed by atoms with Crippen LogP contribution in [-0.2, 0) is 7.05 Å². The Balaban J connectivity index is 1.71. The molecule has 0 unspecified atom stereocenters. The molecule has 0 radical (unpaired) electrons. The summed E-state index contributed by atoms with van der Waals surface area (Å²) >= 11 is 0. The molecule has 4 rings (SSSR count). The second kappa shape index (κ2) is 6.11. The third-order valence-corrected chi connectivity index (χ3v) is 4.56. The molecule has 2 N–H and O–H groups in total. The zero-order chi connectivity index (χ0) is 16.5. The van der Waals surface area contributed by atoms with Crippen molar-refractivity contribution >= 4 is 28.5 Å². The summed E-state index contributed by atoms with van der Waals surface area (Å²) in [5, 5.41) is 12.2. The molecule has 1 fully saturated rings. The molecule has 2 heterocycles. The highest BCUT2D eigenvalue weighted by atomic mass is 15.3. The number of hydrogen-bond acceptors (Lipinski definition) is 5. The van der Waals surface area contributed by atoms with E-state index < -0.39 is 0 Å². The molecule has 1 aliphatic rings. The molecule has 0 atom stereocenters. The standard InChI is InChI=1S/C18H22N6/c1-12-6-5-9-14(10-12)20-16-15-11-19-24(2)17(15)23-18(22-16)21-13-7-3-4-8-13/h5-6,9-11,13H,3-4,7-8H2,1-2H3,(H2,20,21,22,23). The first-order chi connectivity index (χ1) is 11.7. The van der Waals surface area contributed by atoms with Crippen molar-refractivity contribution in [2.24, 2.45) is 7.05 Å². The number of aromatic nitrogens is 4. The lowest BCUT2D eigenvalue weighted by Crippen LogP contribution is -2.17. The Morgan fingerprint density at radius 2 is 2.00 bits per heavy atom. The fraction of sp³-hybridized carbons (Fsp3) is 0.389. The van der Waals surface area contributed by atoms with Gasteiger partial charge >= 0.3 is 0 Å². The summed E-state index contributed by atoms with van der Waals surface area (Å²) in [6, 6.07) is 8.74. The van der Waals surface area contributed by atoms with Gasteiger partial charge in [-0.15, -0.1) is 0 Å². The van der Waals surface area contributed by atoms with E-state index in [1.54, 1.807) is 4.68 Å². The Labute approximate surface area is 141 Å². The Morgan fingerprint density at radius 3 is 2.79 bits per heavy atom. The molecule has 6 heteroatoms. The molecular weight excluding hydrogens is 300 g/mol. The van der Waals surface area contributed by atoms with Crippen LogP contribution in [0.25, 0.3) is 11.0 Å². The molecule has 6 nitrogen and oxygen atoms in total. The van der Waals surface area contributed by atoms with Crippen molar-refractivity contribution in [3.8, 4) is 0 Å². The van der Waals surface area contributed by atoms with E-state index in [0.29, 0.717) is 12.0 Å².